The summed E-state index contributed by atoms with van der Waals surface area (Å²) in [5.41, 5.74) is 2.36. The van der Waals surface area contributed by atoms with Crippen molar-refractivity contribution in [1.29, 1.82) is 0 Å². The van der Waals surface area contributed by atoms with E-state index in [1.807, 2.05) is 12.1 Å². The molecule has 0 spiro atoms. The van der Waals surface area contributed by atoms with Gasteiger partial charge in [-0.2, -0.15) is 0 Å². The maximum absolute atomic E-state index is 12.7. The average molecular weight is 288 g/mol. The minimum atomic E-state index is 0.270. The minimum Gasteiger partial charge on any atom is -0.341 e. The maximum atomic E-state index is 12.7. The molecule has 0 radical (unpaired) electrons. The van der Waals surface area contributed by atoms with Crippen LogP contribution in [0.25, 0.3) is 0 Å². The smallest absolute Gasteiger partial charge is 0.227 e. The van der Waals surface area contributed by atoms with Gasteiger partial charge in [0.15, 0.2) is 0 Å². The van der Waals surface area contributed by atoms with Gasteiger partial charge in [-0.1, -0.05) is 37.6 Å². The van der Waals surface area contributed by atoms with Crippen molar-refractivity contribution in [3.8, 4) is 0 Å². The number of aryl methyl sites for hydroxylation is 1. The Hall–Kier alpha value is -1.35. The number of benzene rings is 1. The van der Waals surface area contributed by atoms with E-state index >= 15 is 0 Å². The lowest BCUT2D eigenvalue weighted by Gasteiger charge is -2.26. The third kappa shape index (κ3) is 4.85. The predicted octanol–water partition coefficient (Wildman–Crippen LogP) is 2.92. The average Bonchev–Trinajstić information content (AvgIpc) is 2.98. The van der Waals surface area contributed by atoms with Gasteiger partial charge in [-0.05, 0) is 43.9 Å². The summed E-state index contributed by atoms with van der Waals surface area (Å²) in [5, 5.41) is 3.50. The van der Waals surface area contributed by atoms with Crippen molar-refractivity contribution in [3.63, 3.8) is 0 Å². The zero-order valence-electron chi connectivity index (χ0n) is 13.4. The highest BCUT2D eigenvalue weighted by molar-refractivity contribution is 5.79. The Morgan fingerprint density at radius 2 is 2.19 bits per heavy atom. The molecule has 2 rings (SSSR count). The zero-order valence-corrected chi connectivity index (χ0v) is 13.4. The number of carbonyl (C=O) groups is 1. The molecule has 1 fully saturated rings. The Kier molecular flexibility index (Phi) is 6.24. The quantitative estimate of drug-likeness (QED) is 0.836. The number of hydrogen-bond acceptors (Lipinski definition) is 2. The molecule has 1 N–H and O–H groups in total. The molecule has 116 valence electrons. The van der Waals surface area contributed by atoms with Crippen LogP contribution < -0.4 is 5.32 Å². The minimum absolute atomic E-state index is 0.270. The van der Waals surface area contributed by atoms with Gasteiger partial charge in [0.2, 0.25) is 5.91 Å². The molecule has 1 atom stereocenters. The van der Waals surface area contributed by atoms with Gasteiger partial charge in [0.25, 0.3) is 0 Å². The molecule has 0 aromatic heterocycles. The van der Waals surface area contributed by atoms with Crippen LogP contribution in [0, 0.1) is 6.92 Å². The summed E-state index contributed by atoms with van der Waals surface area (Å²) in [6.45, 7) is 7.11. The molecular weight excluding hydrogens is 260 g/mol. The lowest BCUT2D eigenvalue weighted by Crippen LogP contribution is -2.42. The topological polar surface area (TPSA) is 32.3 Å². The molecule has 3 heteroatoms. The highest BCUT2D eigenvalue weighted by Gasteiger charge is 2.21. The van der Waals surface area contributed by atoms with Crippen LogP contribution in [-0.4, -0.2) is 36.5 Å². The maximum Gasteiger partial charge on any atom is 0.227 e. The Labute approximate surface area is 128 Å². The van der Waals surface area contributed by atoms with Crippen LogP contribution in [0.3, 0.4) is 0 Å². The number of carbonyl (C=O) groups excluding carboxylic acids is 1. The second-order valence-electron chi connectivity index (χ2n) is 6.09. The zero-order chi connectivity index (χ0) is 15.1. The first kappa shape index (κ1) is 16.0. The second-order valence-corrected chi connectivity index (χ2v) is 6.09. The SMILES string of the molecule is CCCCN(CC1CCCN1)C(=O)Cc1ccccc1C. The van der Waals surface area contributed by atoms with Gasteiger partial charge in [0.1, 0.15) is 0 Å². The van der Waals surface area contributed by atoms with Crippen molar-refractivity contribution >= 4 is 5.91 Å². The molecule has 1 aromatic rings. The Balaban J connectivity index is 1.97. The van der Waals surface area contributed by atoms with E-state index in [0.717, 1.165) is 38.0 Å². The number of nitrogens with zero attached hydrogens (tertiary/aromatic N) is 1. The van der Waals surface area contributed by atoms with Crippen LogP contribution in [0.2, 0.25) is 0 Å². The van der Waals surface area contributed by atoms with E-state index in [1.54, 1.807) is 0 Å². The second kappa shape index (κ2) is 8.18. The van der Waals surface area contributed by atoms with Crippen molar-refractivity contribution in [2.75, 3.05) is 19.6 Å². The normalized spacial score (nSPS) is 17.9. The van der Waals surface area contributed by atoms with E-state index in [-0.39, 0.29) is 5.91 Å². The van der Waals surface area contributed by atoms with Crippen molar-refractivity contribution in [2.45, 2.75) is 52.0 Å². The van der Waals surface area contributed by atoms with Crippen molar-refractivity contribution in [2.24, 2.45) is 0 Å². The fraction of sp³-hybridized carbons (Fsp3) is 0.611. The first-order valence-electron chi connectivity index (χ1n) is 8.26. The molecule has 0 aliphatic carbocycles. The molecule has 1 heterocycles. The van der Waals surface area contributed by atoms with E-state index in [1.165, 1.54) is 18.4 Å². The molecule has 0 saturated carbocycles. The van der Waals surface area contributed by atoms with E-state index in [0.29, 0.717) is 12.5 Å². The third-order valence-electron chi connectivity index (χ3n) is 4.34. The van der Waals surface area contributed by atoms with E-state index in [9.17, 15) is 4.79 Å². The van der Waals surface area contributed by atoms with Gasteiger partial charge in [0, 0.05) is 19.1 Å². The van der Waals surface area contributed by atoms with Gasteiger partial charge < -0.3 is 10.2 Å². The number of amides is 1. The summed E-state index contributed by atoms with van der Waals surface area (Å²) in [6, 6.07) is 8.68. The summed E-state index contributed by atoms with van der Waals surface area (Å²) in [6.07, 6.45) is 5.18. The van der Waals surface area contributed by atoms with Gasteiger partial charge >= 0.3 is 0 Å². The molecule has 1 saturated heterocycles. The highest BCUT2D eigenvalue weighted by atomic mass is 16.2. The fourth-order valence-corrected chi connectivity index (χ4v) is 2.93. The summed E-state index contributed by atoms with van der Waals surface area (Å²) in [5.74, 6) is 0.270. The molecule has 21 heavy (non-hydrogen) atoms. The van der Waals surface area contributed by atoms with Crippen LogP contribution in [0.1, 0.15) is 43.7 Å². The van der Waals surface area contributed by atoms with Gasteiger partial charge in [-0.3, -0.25) is 4.79 Å². The Morgan fingerprint density at radius 3 is 2.86 bits per heavy atom. The van der Waals surface area contributed by atoms with Crippen LogP contribution in [-0.2, 0) is 11.2 Å². The first-order chi connectivity index (χ1) is 10.2. The third-order valence-corrected chi connectivity index (χ3v) is 4.34. The van der Waals surface area contributed by atoms with Crippen molar-refractivity contribution in [3.05, 3.63) is 35.4 Å². The van der Waals surface area contributed by atoms with Gasteiger partial charge in [-0.25, -0.2) is 0 Å². The van der Waals surface area contributed by atoms with E-state index < -0.39 is 0 Å². The standard InChI is InChI=1S/C18H28N2O/c1-3-4-12-20(14-17-10-7-11-19-17)18(21)13-16-9-6-5-8-15(16)2/h5-6,8-9,17,19H,3-4,7,10-14H2,1-2H3. The monoisotopic (exact) mass is 288 g/mol. The molecule has 1 unspecified atom stereocenters. The van der Waals surface area contributed by atoms with E-state index in [4.69, 9.17) is 0 Å². The largest absolute Gasteiger partial charge is 0.341 e. The summed E-state index contributed by atoms with van der Waals surface area (Å²) in [7, 11) is 0. The van der Waals surface area contributed by atoms with Crippen LogP contribution >= 0.6 is 0 Å². The van der Waals surface area contributed by atoms with Crippen LogP contribution in [0.15, 0.2) is 24.3 Å². The molecule has 1 aromatic carbocycles. The molecule has 1 aliphatic heterocycles. The summed E-state index contributed by atoms with van der Waals surface area (Å²) < 4.78 is 0. The lowest BCUT2D eigenvalue weighted by atomic mass is 10.0. The van der Waals surface area contributed by atoms with Crippen molar-refractivity contribution in [1.82, 2.24) is 10.2 Å². The number of hydrogen-bond donors (Lipinski definition) is 1. The highest BCUT2D eigenvalue weighted by Crippen LogP contribution is 2.12. The Bertz CT molecular complexity index is 452. The summed E-state index contributed by atoms with van der Waals surface area (Å²) in [4.78, 5) is 14.7. The molecule has 1 aliphatic rings. The van der Waals surface area contributed by atoms with Crippen LogP contribution in [0.4, 0.5) is 0 Å². The molecular formula is C18H28N2O. The summed E-state index contributed by atoms with van der Waals surface area (Å²) >= 11 is 0. The molecule has 3 nitrogen and oxygen atoms in total. The number of unbranched alkanes of at least 4 members (excludes halogenated alkanes) is 1. The predicted molar refractivity (Wildman–Crippen MR) is 87.4 cm³/mol. The Morgan fingerprint density at radius 1 is 1.38 bits per heavy atom. The number of nitrogens with one attached hydrogen (secondary N) is 1. The molecule has 0 bridgehead atoms. The lowest BCUT2D eigenvalue weighted by molar-refractivity contribution is -0.130. The first-order valence-corrected chi connectivity index (χ1v) is 8.26. The van der Waals surface area contributed by atoms with Crippen LogP contribution in [0.5, 0.6) is 0 Å². The van der Waals surface area contributed by atoms with Crippen molar-refractivity contribution < 1.29 is 4.79 Å². The number of rotatable bonds is 7. The fourth-order valence-electron chi connectivity index (χ4n) is 2.93. The van der Waals surface area contributed by atoms with Gasteiger partial charge in [-0.15, -0.1) is 0 Å². The van der Waals surface area contributed by atoms with E-state index in [2.05, 4.69) is 36.2 Å². The van der Waals surface area contributed by atoms with Gasteiger partial charge in [0.05, 0.1) is 6.42 Å². The molecule has 1 amide bonds.